The molecule has 0 aliphatic carbocycles. The van der Waals surface area contributed by atoms with Crippen LogP contribution in [-0.4, -0.2) is 43.0 Å². The number of methoxy groups -OCH3 is 2. The van der Waals surface area contributed by atoms with Crippen molar-refractivity contribution < 1.29 is 23.8 Å². The van der Waals surface area contributed by atoms with E-state index in [9.17, 15) is 9.59 Å². The summed E-state index contributed by atoms with van der Waals surface area (Å²) in [5, 5.41) is 0. The fourth-order valence-electron chi connectivity index (χ4n) is 2.87. The molecule has 2 heterocycles. The summed E-state index contributed by atoms with van der Waals surface area (Å²) < 4.78 is 16.2. The molecule has 0 fully saturated rings. The van der Waals surface area contributed by atoms with Crippen LogP contribution in [0.3, 0.4) is 0 Å². The average molecular weight is 371 g/mol. The molecule has 1 aromatic carbocycles. The molecular formula is C19H21N3O5. The van der Waals surface area contributed by atoms with Gasteiger partial charge in [0.15, 0.2) is 23.0 Å². The molecule has 142 valence electrons. The van der Waals surface area contributed by atoms with Gasteiger partial charge in [0.2, 0.25) is 0 Å². The Bertz CT molecular complexity index is 910. The maximum Gasteiger partial charge on any atom is 0.272 e. The van der Waals surface area contributed by atoms with Crippen LogP contribution in [0.2, 0.25) is 0 Å². The van der Waals surface area contributed by atoms with Crippen LogP contribution in [-0.2, 0) is 4.79 Å². The van der Waals surface area contributed by atoms with E-state index in [2.05, 4.69) is 4.98 Å². The van der Waals surface area contributed by atoms with E-state index in [1.807, 2.05) is 0 Å². The molecule has 0 saturated heterocycles. The Hall–Kier alpha value is -3.29. The number of ketones is 1. The topological polar surface area (TPSA) is 104 Å². The fourth-order valence-corrected chi connectivity index (χ4v) is 2.87. The quantitative estimate of drug-likeness (QED) is 0.802. The van der Waals surface area contributed by atoms with Crippen molar-refractivity contribution >= 4 is 23.3 Å². The zero-order valence-corrected chi connectivity index (χ0v) is 15.6. The van der Waals surface area contributed by atoms with Crippen LogP contribution in [0.4, 0.5) is 11.6 Å². The Morgan fingerprint density at radius 3 is 2.63 bits per heavy atom. The first-order chi connectivity index (χ1) is 12.8. The number of aromatic nitrogens is 1. The van der Waals surface area contributed by atoms with Crippen LogP contribution in [0.1, 0.15) is 24.2 Å². The minimum Gasteiger partial charge on any atom is -0.497 e. The summed E-state index contributed by atoms with van der Waals surface area (Å²) >= 11 is 0. The largest absolute Gasteiger partial charge is 0.497 e. The Balaban J connectivity index is 1.98. The van der Waals surface area contributed by atoms with Crippen molar-refractivity contribution in [3.63, 3.8) is 0 Å². The number of ether oxygens (including phenoxy) is 3. The second-order valence-corrected chi connectivity index (χ2v) is 6.55. The molecule has 0 atom stereocenters. The predicted molar refractivity (Wildman–Crippen MR) is 99.6 cm³/mol. The number of benzene rings is 1. The minimum atomic E-state index is -1.13. The SMILES string of the molecule is COc1ccc(C(=O)CN2C(=O)C(C)(C)Oc3ccc(N)nc32)c(OC)c1. The Labute approximate surface area is 156 Å². The number of fused-ring (bicyclic) bond motifs is 1. The van der Waals surface area contributed by atoms with Crippen molar-refractivity contribution in [2.45, 2.75) is 19.4 Å². The summed E-state index contributed by atoms with van der Waals surface area (Å²) in [6.45, 7) is 3.05. The van der Waals surface area contributed by atoms with E-state index in [0.29, 0.717) is 22.8 Å². The van der Waals surface area contributed by atoms with Gasteiger partial charge < -0.3 is 19.9 Å². The number of nitrogens with two attached hydrogens (primary N) is 1. The van der Waals surface area contributed by atoms with Crippen LogP contribution in [0.15, 0.2) is 30.3 Å². The number of hydrogen-bond donors (Lipinski definition) is 1. The highest BCUT2D eigenvalue weighted by Gasteiger charge is 2.42. The minimum absolute atomic E-state index is 0.222. The van der Waals surface area contributed by atoms with Crippen molar-refractivity contribution in [2.75, 3.05) is 31.4 Å². The van der Waals surface area contributed by atoms with Gasteiger partial charge in [-0.25, -0.2) is 4.98 Å². The van der Waals surface area contributed by atoms with Gasteiger partial charge in [0, 0.05) is 6.07 Å². The molecule has 3 rings (SSSR count). The van der Waals surface area contributed by atoms with Crippen molar-refractivity contribution in [1.29, 1.82) is 0 Å². The lowest BCUT2D eigenvalue weighted by atomic mass is 10.0. The summed E-state index contributed by atoms with van der Waals surface area (Å²) in [5.74, 6) is 1.07. The average Bonchev–Trinajstić information content (AvgIpc) is 2.65. The molecule has 8 heteroatoms. The highest BCUT2D eigenvalue weighted by atomic mass is 16.5. The monoisotopic (exact) mass is 371 g/mol. The van der Waals surface area contributed by atoms with Gasteiger partial charge in [0.05, 0.1) is 26.3 Å². The molecule has 0 saturated carbocycles. The lowest BCUT2D eigenvalue weighted by Crippen LogP contribution is -2.54. The lowest BCUT2D eigenvalue weighted by Gasteiger charge is -2.37. The molecule has 8 nitrogen and oxygen atoms in total. The summed E-state index contributed by atoms with van der Waals surface area (Å²) in [6.07, 6.45) is 0. The number of Topliss-reactive ketones (excluding diaryl/α,β-unsaturated/α-hetero) is 1. The molecule has 0 unspecified atom stereocenters. The number of amides is 1. The van der Waals surface area contributed by atoms with Gasteiger partial charge in [-0.15, -0.1) is 0 Å². The van der Waals surface area contributed by atoms with Crippen molar-refractivity contribution in [2.24, 2.45) is 0 Å². The first-order valence-electron chi connectivity index (χ1n) is 8.29. The van der Waals surface area contributed by atoms with Gasteiger partial charge >= 0.3 is 0 Å². The number of nitrogens with zero attached hydrogens (tertiary/aromatic N) is 2. The van der Waals surface area contributed by atoms with Crippen LogP contribution < -0.4 is 24.8 Å². The van der Waals surface area contributed by atoms with E-state index in [4.69, 9.17) is 19.9 Å². The number of carbonyl (C=O) groups excluding carboxylic acids is 2. The smallest absolute Gasteiger partial charge is 0.272 e. The molecule has 1 aliphatic rings. The zero-order valence-electron chi connectivity index (χ0n) is 15.6. The third-order valence-electron chi connectivity index (χ3n) is 4.25. The first-order valence-corrected chi connectivity index (χ1v) is 8.29. The highest BCUT2D eigenvalue weighted by molar-refractivity contribution is 6.09. The molecule has 27 heavy (non-hydrogen) atoms. The Morgan fingerprint density at radius 2 is 1.96 bits per heavy atom. The number of nitrogen functional groups attached to an aromatic ring is 1. The van der Waals surface area contributed by atoms with Crippen LogP contribution in [0.25, 0.3) is 0 Å². The van der Waals surface area contributed by atoms with E-state index in [-0.39, 0.29) is 29.9 Å². The first kappa shape index (κ1) is 18.5. The maximum atomic E-state index is 12.9. The summed E-state index contributed by atoms with van der Waals surface area (Å²) in [5.41, 5.74) is 4.96. The van der Waals surface area contributed by atoms with Crippen molar-refractivity contribution in [1.82, 2.24) is 4.98 Å². The third-order valence-corrected chi connectivity index (χ3v) is 4.25. The normalized spacial score (nSPS) is 15.0. The molecular weight excluding hydrogens is 350 g/mol. The van der Waals surface area contributed by atoms with E-state index in [1.54, 1.807) is 44.2 Å². The van der Waals surface area contributed by atoms with Crippen LogP contribution in [0.5, 0.6) is 17.2 Å². The number of carbonyl (C=O) groups is 2. The number of rotatable bonds is 5. The van der Waals surface area contributed by atoms with Gasteiger partial charge in [-0.05, 0) is 38.1 Å². The van der Waals surface area contributed by atoms with Crippen molar-refractivity contribution in [3.05, 3.63) is 35.9 Å². The summed E-state index contributed by atoms with van der Waals surface area (Å²) in [4.78, 5) is 31.3. The zero-order chi connectivity index (χ0) is 19.8. The van der Waals surface area contributed by atoms with Gasteiger partial charge in [-0.2, -0.15) is 0 Å². The second kappa shape index (κ2) is 6.79. The standard InChI is InChI=1S/C19H21N3O5/c1-19(2)18(24)22(17-14(27-19)7-8-16(20)21-17)10-13(23)12-6-5-11(25-3)9-15(12)26-4/h5-9H,10H2,1-4H3,(H2,20,21). The predicted octanol–water partition coefficient (Wildman–Crippen LogP) is 2.07. The molecule has 1 amide bonds. The lowest BCUT2D eigenvalue weighted by molar-refractivity contribution is -0.132. The van der Waals surface area contributed by atoms with Gasteiger partial charge in [0.1, 0.15) is 17.3 Å². The third kappa shape index (κ3) is 3.38. The molecule has 0 bridgehead atoms. The summed E-state index contributed by atoms with van der Waals surface area (Å²) in [7, 11) is 2.99. The Morgan fingerprint density at radius 1 is 1.22 bits per heavy atom. The van der Waals surface area contributed by atoms with Gasteiger partial charge in [-0.1, -0.05) is 0 Å². The fraction of sp³-hybridized carbons (Fsp3) is 0.316. The van der Waals surface area contributed by atoms with Crippen LogP contribution >= 0.6 is 0 Å². The number of anilines is 2. The van der Waals surface area contributed by atoms with E-state index in [1.165, 1.54) is 19.1 Å². The van der Waals surface area contributed by atoms with E-state index < -0.39 is 5.60 Å². The molecule has 1 aromatic heterocycles. The highest BCUT2D eigenvalue weighted by Crippen LogP contribution is 2.37. The van der Waals surface area contributed by atoms with Gasteiger partial charge in [-0.3, -0.25) is 14.5 Å². The number of pyridine rings is 1. The second-order valence-electron chi connectivity index (χ2n) is 6.55. The van der Waals surface area contributed by atoms with Crippen LogP contribution in [0, 0.1) is 0 Å². The summed E-state index contributed by atoms with van der Waals surface area (Å²) in [6, 6.07) is 8.09. The molecule has 0 radical (unpaired) electrons. The number of hydrogen-bond acceptors (Lipinski definition) is 7. The van der Waals surface area contributed by atoms with Gasteiger partial charge in [0.25, 0.3) is 5.91 Å². The molecule has 0 spiro atoms. The molecule has 2 N–H and O–H groups in total. The van der Waals surface area contributed by atoms with E-state index >= 15 is 0 Å². The van der Waals surface area contributed by atoms with Crippen molar-refractivity contribution in [3.8, 4) is 17.2 Å². The Kier molecular flexibility index (Phi) is 4.65. The molecule has 1 aliphatic heterocycles. The van der Waals surface area contributed by atoms with E-state index in [0.717, 1.165) is 0 Å². The molecule has 2 aromatic rings. The maximum absolute atomic E-state index is 12.9.